The fourth-order valence-electron chi connectivity index (χ4n) is 6.62. The van der Waals surface area contributed by atoms with Crippen LogP contribution < -0.4 is 0 Å². The molecular formula is C55H92O6. The zero-order valence-electron chi connectivity index (χ0n) is 39.7. The van der Waals surface area contributed by atoms with Crippen molar-refractivity contribution in [3.63, 3.8) is 0 Å². The van der Waals surface area contributed by atoms with Crippen LogP contribution in [0.15, 0.2) is 85.1 Å². The van der Waals surface area contributed by atoms with E-state index < -0.39 is 6.10 Å². The van der Waals surface area contributed by atoms with Crippen LogP contribution in [0.2, 0.25) is 0 Å². The van der Waals surface area contributed by atoms with E-state index in [9.17, 15) is 14.4 Å². The molecule has 0 aromatic carbocycles. The van der Waals surface area contributed by atoms with Gasteiger partial charge in [0.2, 0.25) is 0 Å². The maximum Gasteiger partial charge on any atom is 0.306 e. The minimum atomic E-state index is -0.796. The molecule has 0 saturated heterocycles. The summed E-state index contributed by atoms with van der Waals surface area (Å²) in [5, 5.41) is 0. The average Bonchev–Trinajstić information content (AvgIpc) is 3.26. The van der Waals surface area contributed by atoms with Crippen molar-refractivity contribution < 1.29 is 28.6 Å². The number of allylic oxidation sites excluding steroid dienone is 14. The van der Waals surface area contributed by atoms with Crippen molar-refractivity contribution in [2.24, 2.45) is 0 Å². The molecule has 0 aliphatic heterocycles. The molecule has 61 heavy (non-hydrogen) atoms. The van der Waals surface area contributed by atoms with Gasteiger partial charge >= 0.3 is 17.9 Å². The summed E-state index contributed by atoms with van der Waals surface area (Å²) in [5.74, 6) is -0.947. The van der Waals surface area contributed by atoms with E-state index in [0.29, 0.717) is 19.3 Å². The van der Waals surface area contributed by atoms with Crippen LogP contribution in [-0.2, 0) is 28.6 Å². The molecule has 0 aromatic heterocycles. The first kappa shape index (κ1) is 57.6. The Kier molecular flexibility index (Phi) is 46.5. The number of unbranched alkanes of at least 4 members (excludes halogenated alkanes) is 22. The Morgan fingerprint density at radius 3 is 1.20 bits per heavy atom. The predicted molar refractivity (Wildman–Crippen MR) is 261 cm³/mol. The molecule has 348 valence electrons. The van der Waals surface area contributed by atoms with Crippen molar-refractivity contribution in [1.29, 1.82) is 0 Å². The van der Waals surface area contributed by atoms with Gasteiger partial charge in [0.25, 0.3) is 0 Å². The van der Waals surface area contributed by atoms with Crippen LogP contribution >= 0.6 is 0 Å². The van der Waals surface area contributed by atoms with Gasteiger partial charge in [0, 0.05) is 19.3 Å². The molecule has 0 rings (SSSR count). The zero-order chi connectivity index (χ0) is 44.4. The quantitative estimate of drug-likeness (QED) is 0.0200. The Morgan fingerprint density at radius 2 is 0.721 bits per heavy atom. The third kappa shape index (κ3) is 47.5. The van der Waals surface area contributed by atoms with Gasteiger partial charge in [0.05, 0.1) is 0 Å². The topological polar surface area (TPSA) is 78.9 Å². The van der Waals surface area contributed by atoms with Gasteiger partial charge in [-0.05, 0) is 89.9 Å². The average molecular weight is 849 g/mol. The van der Waals surface area contributed by atoms with Crippen LogP contribution in [0.5, 0.6) is 0 Å². The highest BCUT2D eigenvalue weighted by Gasteiger charge is 2.19. The van der Waals surface area contributed by atoms with Gasteiger partial charge in [-0.2, -0.15) is 0 Å². The Labute approximate surface area is 375 Å². The number of ether oxygens (including phenoxy) is 3. The summed E-state index contributed by atoms with van der Waals surface area (Å²) in [7, 11) is 0. The van der Waals surface area contributed by atoms with Crippen molar-refractivity contribution in [1.82, 2.24) is 0 Å². The smallest absolute Gasteiger partial charge is 0.306 e. The lowest BCUT2D eigenvalue weighted by Gasteiger charge is -2.18. The molecule has 0 aromatic rings. The lowest BCUT2D eigenvalue weighted by molar-refractivity contribution is -0.167. The molecule has 6 heteroatoms. The molecule has 0 radical (unpaired) electrons. The van der Waals surface area contributed by atoms with Crippen molar-refractivity contribution >= 4 is 17.9 Å². The third-order valence-corrected chi connectivity index (χ3v) is 10.4. The molecule has 6 nitrogen and oxygen atoms in total. The molecular weight excluding hydrogens is 757 g/mol. The molecule has 1 atom stereocenters. The molecule has 0 amide bonds. The summed E-state index contributed by atoms with van der Waals surface area (Å²) in [4.78, 5) is 37.9. The summed E-state index contributed by atoms with van der Waals surface area (Å²) in [5.41, 5.74) is 0. The monoisotopic (exact) mass is 849 g/mol. The van der Waals surface area contributed by atoms with E-state index >= 15 is 0 Å². The summed E-state index contributed by atoms with van der Waals surface area (Å²) in [6.07, 6.45) is 62.8. The predicted octanol–water partition coefficient (Wildman–Crippen LogP) is 16.4. The van der Waals surface area contributed by atoms with E-state index in [0.717, 1.165) is 103 Å². The van der Waals surface area contributed by atoms with E-state index in [4.69, 9.17) is 14.2 Å². The summed E-state index contributed by atoms with van der Waals surface area (Å²) < 4.78 is 16.7. The lowest BCUT2D eigenvalue weighted by atomic mass is 10.1. The maximum absolute atomic E-state index is 12.8. The van der Waals surface area contributed by atoms with Gasteiger partial charge in [0.1, 0.15) is 13.2 Å². The van der Waals surface area contributed by atoms with Crippen LogP contribution in [0.25, 0.3) is 0 Å². The van der Waals surface area contributed by atoms with Crippen molar-refractivity contribution in [3.8, 4) is 0 Å². The van der Waals surface area contributed by atoms with Gasteiger partial charge in [0.15, 0.2) is 6.10 Å². The zero-order valence-corrected chi connectivity index (χ0v) is 39.7. The third-order valence-electron chi connectivity index (χ3n) is 10.4. The lowest BCUT2D eigenvalue weighted by Crippen LogP contribution is -2.30. The molecule has 0 heterocycles. The van der Waals surface area contributed by atoms with Crippen molar-refractivity contribution in [2.75, 3.05) is 13.2 Å². The molecule has 0 saturated carbocycles. The Bertz CT molecular complexity index is 1200. The van der Waals surface area contributed by atoms with E-state index in [-0.39, 0.29) is 31.1 Å². The summed E-state index contributed by atoms with van der Waals surface area (Å²) >= 11 is 0. The summed E-state index contributed by atoms with van der Waals surface area (Å²) in [6.45, 7) is 6.38. The highest BCUT2D eigenvalue weighted by atomic mass is 16.6. The number of carbonyl (C=O) groups excluding carboxylic acids is 3. The number of rotatable bonds is 44. The van der Waals surface area contributed by atoms with Gasteiger partial charge in [-0.25, -0.2) is 0 Å². The molecule has 0 aliphatic carbocycles. The molecule has 0 aliphatic rings. The largest absolute Gasteiger partial charge is 0.462 e. The molecule has 0 N–H and O–H groups in total. The van der Waals surface area contributed by atoms with Crippen LogP contribution in [0.4, 0.5) is 0 Å². The normalized spacial score (nSPS) is 12.8. The molecule has 0 bridgehead atoms. The fourth-order valence-corrected chi connectivity index (χ4v) is 6.62. The molecule has 0 spiro atoms. The Morgan fingerprint density at radius 1 is 0.361 bits per heavy atom. The number of hydrogen-bond acceptors (Lipinski definition) is 6. The van der Waals surface area contributed by atoms with Crippen molar-refractivity contribution in [2.45, 2.75) is 232 Å². The van der Waals surface area contributed by atoms with E-state index in [1.165, 1.54) is 83.5 Å². The van der Waals surface area contributed by atoms with Crippen LogP contribution in [0, 0.1) is 0 Å². The Balaban J connectivity index is 4.43. The van der Waals surface area contributed by atoms with Crippen LogP contribution in [-0.4, -0.2) is 37.2 Å². The maximum atomic E-state index is 12.8. The fraction of sp³-hybridized carbons (Fsp3) is 0.691. The van der Waals surface area contributed by atoms with E-state index in [1.807, 2.05) is 0 Å². The molecule has 0 fully saturated rings. The number of hydrogen-bond donors (Lipinski definition) is 0. The first-order chi connectivity index (χ1) is 30.0. The Hall–Kier alpha value is -3.41. The highest BCUT2D eigenvalue weighted by Crippen LogP contribution is 2.14. The second-order valence-electron chi connectivity index (χ2n) is 16.4. The van der Waals surface area contributed by atoms with Gasteiger partial charge < -0.3 is 14.2 Å². The van der Waals surface area contributed by atoms with E-state index in [2.05, 4.69) is 106 Å². The van der Waals surface area contributed by atoms with Crippen LogP contribution in [0.1, 0.15) is 226 Å². The van der Waals surface area contributed by atoms with Gasteiger partial charge in [-0.15, -0.1) is 0 Å². The number of esters is 3. The number of carbonyl (C=O) groups is 3. The highest BCUT2D eigenvalue weighted by molar-refractivity contribution is 5.71. The van der Waals surface area contributed by atoms with E-state index in [1.54, 1.807) is 0 Å². The minimum Gasteiger partial charge on any atom is -0.462 e. The second-order valence-corrected chi connectivity index (χ2v) is 16.4. The first-order valence-electron chi connectivity index (χ1n) is 25.1. The first-order valence-corrected chi connectivity index (χ1v) is 25.1. The SMILES string of the molecule is CC\C=C/C=C\C=C/CCCCCCCCCC(=O)OC(COC(=O)CCCCC/C=C\C=C/CCCC)COC(=O)CCCCCCCCC/C=C\C/C=C\CCCCC. The van der Waals surface area contributed by atoms with Gasteiger partial charge in [-0.1, -0.05) is 202 Å². The second kappa shape index (κ2) is 49.2. The van der Waals surface area contributed by atoms with Crippen molar-refractivity contribution in [3.05, 3.63) is 85.1 Å². The standard InChI is InChI=1S/C55H92O6/c1-4-7-10-13-16-19-22-24-26-27-29-30-33-36-39-42-45-48-54(57)60-51-52(50-59-53(56)47-44-41-38-35-32-21-18-15-12-9-6-3)61-55(58)49-46-43-40-37-34-31-28-25-23-20-17-14-11-8-5-2/h8,11,14-21,23-24,26,32,52H,4-7,9-10,12-13,22,25,27-31,33-51H2,1-3H3/b11-8-,17-14-,18-15-,19-16-,23-20-,26-24-,32-21-. The minimum absolute atomic E-state index is 0.0951. The summed E-state index contributed by atoms with van der Waals surface area (Å²) in [6, 6.07) is 0. The van der Waals surface area contributed by atoms with Crippen LogP contribution in [0.3, 0.4) is 0 Å². The molecule has 1 unspecified atom stereocenters. The van der Waals surface area contributed by atoms with Gasteiger partial charge in [-0.3, -0.25) is 14.4 Å².